The highest BCUT2D eigenvalue weighted by molar-refractivity contribution is 14.1. The molecule has 0 atom stereocenters. The van der Waals surface area contributed by atoms with Crippen LogP contribution in [-0.4, -0.2) is 131 Å². The molecule has 1 N–H and O–H groups in total. The fourth-order valence-electron chi connectivity index (χ4n) is 8.72. The van der Waals surface area contributed by atoms with Gasteiger partial charge in [-0.15, -0.1) is 15.3 Å². The van der Waals surface area contributed by atoms with Crippen molar-refractivity contribution in [3.8, 4) is 34.4 Å². The van der Waals surface area contributed by atoms with Crippen LogP contribution < -0.4 is 18.9 Å². The molecule has 0 saturated heterocycles. The molecule has 0 aliphatic carbocycles. The highest BCUT2D eigenvalue weighted by Crippen LogP contribution is 2.40. The van der Waals surface area contributed by atoms with E-state index in [2.05, 4.69) is 75.3 Å². The first-order chi connectivity index (χ1) is 40.5. The van der Waals surface area contributed by atoms with Crippen LogP contribution in [0, 0.1) is 7.14 Å². The number of nitrogens with one attached hydrogen (secondary N) is 1. The predicted molar refractivity (Wildman–Crippen MR) is 353 cm³/mol. The number of aromatic nitrogens is 4. The largest absolute Gasteiger partial charge is 0.497 e. The van der Waals surface area contributed by atoms with Gasteiger partial charge in [-0.25, -0.2) is 33.7 Å². The third-order valence-electron chi connectivity index (χ3n) is 13.6. The van der Waals surface area contributed by atoms with Gasteiger partial charge in [0.2, 0.25) is 25.9 Å². The number of benzene rings is 6. The van der Waals surface area contributed by atoms with Crippen LogP contribution >= 0.6 is 45.2 Å². The van der Waals surface area contributed by atoms with Crippen LogP contribution in [-0.2, 0) is 65.9 Å². The van der Waals surface area contributed by atoms with Crippen molar-refractivity contribution >= 4 is 107 Å². The number of hydrogen-bond acceptors (Lipinski definition) is 18. The topological polar surface area (TPSA) is 272 Å². The highest BCUT2D eigenvalue weighted by atomic mass is 127. The maximum absolute atomic E-state index is 14.9. The summed E-state index contributed by atoms with van der Waals surface area (Å²) in [6.45, 7) is 12.4. The van der Waals surface area contributed by atoms with Gasteiger partial charge in [-0.05, 0) is 163 Å². The summed E-state index contributed by atoms with van der Waals surface area (Å²) >= 11 is 3.99. The third-order valence-corrected chi connectivity index (χ3v) is 27.2. The smallest absolute Gasteiger partial charge is 0.245 e. The van der Waals surface area contributed by atoms with Gasteiger partial charge in [-0.2, -0.15) is 18.9 Å². The normalized spacial score (nSPS) is 13.1. The minimum absolute atomic E-state index is 0.0148. The quantitative estimate of drug-likeness (QED) is 0.0390. The van der Waals surface area contributed by atoms with Crippen LogP contribution in [0.1, 0.15) is 27.8 Å². The summed E-state index contributed by atoms with van der Waals surface area (Å²) in [5.74, 6) is 2.19. The number of sulfone groups is 2. The van der Waals surface area contributed by atoms with Crippen LogP contribution in [0.4, 0.5) is 0 Å². The second-order valence-electron chi connectivity index (χ2n) is 22.4. The highest BCUT2D eigenvalue weighted by Gasteiger charge is 2.40. The Morgan fingerprint density at radius 1 is 0.488 bits per heavy atom. The zero-order valence-corrected chi connectivity index (χ0v) is 58.9. The second-order valence-corrected chi connectivity index (χ2v) is 43.8. The number of aromatic amines is 1. The molecule has 86 heavy (non-hydrogen) atoms. The van der Waals surface area contributed by atoms with Gasteiger partial charge in [0.05, 0.1) is 61.0 Å². The van der Waals surface area contributed by atoms with Crippen molar-refractivity contribution in [1.29, 1.82) is 0 Å². The molecule has 0 radical (unpaired) electrons. The predicted octanol–water partition coefficient (Wildman–Crippen LogP) is 11.0. The molecule has 0 bridgehead atoms. The van der Waals surface area contributed by atoms with Gasteiger partial charge < -0.3 is 18.9 Å². The number of nitrogens with zero attached hydrogens (tertiary/aromatic N) is 8. The summed E-state index contributed by atoms with van der Waals surface area (Å²) in [5, 5.41) is 25.8. The van der Waals surface area contributed by atoms with Crippen LogP contribution in [0.15, 0.2) is 156 Å². The molecular weight excluding hydrogens is 1440 g/mol. The SMILES string of the molecule is COc1ccc(CN(Cc2ccc(OC)cc2)S(=O)(=O)c2c(S(=O)(=O)CC[Si](C)(C)C)ccc(I)c2-c2nn[nH]n2)cc1.COc1ccc(CN(Cc2ccc(OC)cc2)S(=O)(=O)c2c(S(=O)(=O)CC[Si](C)(C)C)ccc(I)c2C2=NN=NC2)cc1. The first-order valence-corrected chi connectivity index (χ1v) is 42.6. The number of methoxy groups -OCH3 is 4. The van der Waals surface area contributed by atoms with Gasteiger partial charge in [0, 0.05) is 55.0 Å². The molecule has 0 saturated carbocycles. The Kier molecular flexibility index (Phi) is 22.7. The Labute approximate surface area is 533 Å². The lowest BCUT2D eigenvalue weighted by atomic mass is 10.1. The number of ether oxygens (including phenoxy) is 4. The first-order valence-electron chi connectivity index (χ1n) is 26.8. The Morgan fingerprint density at radius 3 is 1.12 bits per heavy atom. The van der Waals surface area contributed by atoms with Crippen LogP contribution in [0.5, 0.6) is 23.0 Å². The van der Waals surface area contributed by atoms with Gasteiger partial charge in [0.1, 0.15) is 39.3 Å². The van der Waals surface area contributed by atoms with Crippen molar-refractivity contribution in [3.05, 3.63) is 156 Å². The zero-order valence-electron chi connectivity index (χ0n) is 49.3. The molecule has 8 rings (SSSR count). The van der Waals surface area contributed by atoms with Gasteiger partial charge >= 0.3 is 0 Å². The van der Waals surface area contributed by atoms with E-state index in [-0.39, 0.29) is 80.8 Å². The van der Waals surface area contributed by atoms with E-state index < -0.39 is 55.9 Å². The maximum Gasteiger partial charge on any atom is 0.245 e. The minimum atomic E-state index is -4.50. The van der Waals surface area contributed by atoms with Crippen molar-refractivity contribution in [1.82, 2.24) is 29.2 Å². The van der Waals surface area contributed by atoms with E-state index in [4.69, 9.17) is 18.9 Å². The number of sulfonamides is 2. The minimum Gasteiger partial charge on any atom is -0.497 e. The molecule has 21 nitrogen and oxygen atoms in total. The Bertz CT molecular complexity index is 3930. The number of hydrogen-bond donors (Lipinski definition) is 1. The summed E-state index contributed by atoms with van der Waals surface area (Å²) < 4.78 is 140. The van der Waals surface area contributed by atoms with Crippen molar-refractivity contribution < 1.29 is 52.6 Å². The van der Waals surface area contributed by atoms with E-state index in [1.54, 1.807) is 138 Å². The van der Waals surface area contributed by atoms with E-state index in [0.29, 0.717) is 70.2 Å². The standard InChI is InChI=1S/C29H35IN4O6S2Si.C28H34IN5O6S2Si/c1-39-23-10-6-21(7-11-23)19-34(20-22-8-12-24(40-2)13-9-22)42(37,38)29-27(41(35,36)16-17-43(3,4)5)15-14-25(30)28(29)26-18-31-33-32-26;1-39-22-10-6-20(7-11-22)18-34(19-21-8-12-23(40-2)13-9-21)42(37,38)27-25(41(35,36)16-17-43(3,4)5)15-14-24(29)26(27)28-30-32-33-31-28/h6-15H,16-20H2,1-5H3;6-15H,16-19H2,1-5H3,(H,30,31,32,33). The lowest BCUT2D eigenvalue weighted by Crippen LogP contribution is -2.33. The maximum atomic E-state index is 14.9. The van der Waals surface area contributed by atoms with E-state index in [0.717, 1.165) is 0 Å². The Balaban J connectivity index is 0.000000246. The molecule has 0 amide bonds. The summed E-state index contributed by atoms with van der Waals surface area (Å²) in [5.41, 5.74) is 3.39. The van der Waals surface area contributed by atoms with Crippen molar-refractivity contribution in [3.63, 3.8) is 0 Å². The van der Waals surface area contributed by atoms with Gasteiger partial charge in [-0.1, -0.05) is 87.8 Å². The van der Waals surface area contributed by atoms with Crippen LogP contribution in [0.25, 0.3) is 11.4 Å². The Morgan fingerprint density at radius 2 is 0.826 bits per heavy atom. The monoisotopic (exact) mass is 1510 g/mol. The molecule has 2 heterocycles. The fraction of sp³-hybridized carbons (Fsp3) is 0.333. The molecule has 1 aliphatic rings. The van der Waals surface area contributed by atoms with E-state index >= 15 is 0 Å². The zero-order chi connectivity index (χ0) is 62.8. The molecule has 1 aliphatic heterocycles. The fourth-order valence-corrected chi connectivity index (χ4v) is 24.1. The van der Waals surface area contributed by atoms with Crippen molar-refractivity contribution in [2.75, 3.05) is 46.5 Å². The summed E-state index contributed by atoms with van der Waals surface area (Å²) in [7, 11) is -14.3. The average Bonchev–Trinajstić information content (AvgIpc) is 2.56. The first kappa shape index (κ1) is 68.0. The third kappa shape index (κ3) is 17.4. The van der Waals surface area contributed by atoms with E-state index in [9.17, 15) is 33.7 Å². The molecule has 460 valence electrons. The second kappa shape index (κ2) is 28.7. The van der Waals surface area contributed by atoms with Gasteiger partial charge in [0.25, 0.3) is 0 Å². The number of halogens is 2. The van der Waals surface area contributed by atoms with E-state index in [1.165, 1.54) is 20.7 Å². The molecule has 6 aromatic carbocycles. The summed E-state index contributed by atoms with van der Waals surface area (Å²) in [4.78, 5) is -1.16. The average molecular weight is 1510 g/mol. The van der Waals surface area contributed by atoms with Crippen LogP contribution in [0.2, 0.25) is 51.4 Å². The lowest BCUT2D eigenvalue weighted by Gasteiger charge is -2.26. The summed E-state index contributed by atoms with van der Waals surface area (Å²) in [6, 6.07) is 35.2. The molecule has 0 spiro atoms. The molecule has 29 heteroatoms. The van der Waals surface area contributed by atoms with E-state index in [1.807, 2.05) is 45.2 Å². The number of tetrazole rings is 1. The van der Waals surface area contributed by atoms with Crippen LogP contribution in [0.3, 0.4) is 0 Å². The van der Waals surface area contributed by atoms with Crippen molar-refractivity contribution in [2.45, 2.75) is 97.1 Å². The van der Waals surface area contributed by atoms with Crippen molar-refractivity contribution in [2.24, 2.45) is 15.4 Å². The summed E-state index contributed by atoms with van der Waals surface area (Å²) in [6.07, 6.45) is 0. The van der Waals surface area contributed by atoms with Gasteiger partial charge in [-0.3, -0.25) is 0 Å². The van der Waals surface area contributed by atoms with Gasteiger partial charge in [0.15, 0.2) is 19.7 Å². The molecule has 0 unspecified atom stereocenters. The number of H-pyrrole nitrogens is 1. The molecule has 1 aromatic heterocycles. The molecule has 0 fully saturated rings. The number of rotatable bonds is 26. The Hall–Kier alpha value is -5.53. The molecular formula is C57H69I2N9O12S4Si2. The molecule has 7 aromatic rings. The lowest BCUT2D eigenvalue weighted by molar-refractivity contribution is 0.396.